The van der Waals surface area contributed by atoms with Gasteiger partial charge in [0.15, 0.2) is 11.6 Å². The third kappa shape index (κ3) is 3.80. The fourth-order valence-corrected chi connectivity index (χ4v) is 3.73. The molecule has 2 aromatic heterocycles. The van der Waals surface area contributed by atoms with Gasteiger partial charge in [-0.1, -0.05) is 13.0 Å². The SMILES string of the molecule is CC[C@H](N)[C@H](Nc1nc(Nc2cccc3c2cnn3C)c(C(N)=O)cc1F)C1CC1. The van der Waals surface area contributed by atoms with E-state index < -0.39 is 11.7 Å². The molecule has 1 aliphatic carbocycles. The molecule has 2 atom stereocenters. The average molecular weight is 411 g/mol. The molecule has 0 saturated heterocycles. The molecule has 8 nitrogen and oxygen atoms in total. The number of aryl methyl sites for hydroxylation is 1. The molecule has 3 aromatic rings. The van der Waals surface area contributed by atoms with Crippen molar-refractivity contribution in [3.8, 4) is 0 Å². The molecule has 1 aromatic carbocycles. The number of amides is 1. The predicted octanol–water partition coefficient (Wildman–Crippen LogP) is 2.88. The normalized spacial score (nSPS) is 15.7. The largest absolute Gasteiger partial charge is 0.365 e. The van der Waals surface area contributed by atoms with E-state index >= 15 is 0 Å². The first-order chi connectivity index (χ1) is 14.4. The third-order valence-corrected chi connectivity index (χ3v) is 5.65. The van der Waals surface area contributed by atoms with Gasteiger partial charge in [0, 0.05) is 24.5 Å². The molecular formula is C21H26FN7O. The molecule has 0 aliphatic heterocycles. The van der Waals surface area contributed by atoms with Gasteiger partial charge in [0.2, 0.25) is 0 Å². The number of benzene rings is 1. The number of hydrogen-bond donors (Lipinski definition) is 4. The van der Waals surface area contributed by atoms with Crippen molar-refractivity contribution in [2.75, 3.05) is 10.6 Å². The fourth-order valence-electron chi connectivity index (χ4n) is 3.73. The van der Waals surface area contributed by atoms with E-state index in [1.165, 1.54) is 0 Å². The highest BCUT2D eigenvalue weighted by Gasteiger charge is 2.35. The standard InChI is InChI=1S/C21H26FN7O/c1-3-15(23)18(11-7-8-11)27-21-14(22)9-12(19(24)30)20(28-21)26-16-5-4-6-17-13(16)10-25-29(17)2/h4-6,9-11,15,18H,3,7-8,23H2,1-2H3,(H2,24,30)(H2,26,27,28)/t15-,18+/m0/s1. The maximum Gasteiger partial charge on any atom is 0.252 e. The Morgan fingerprint density at radius 1 is 1.37 bits per heavy atom. The topological polar surface area (TPSA) is 124 Å². The van der Waals surface area contributed by atoms with Gasteiger partial charge in [-0.3, -0.25) is 9.48 Å². The van der Waals surface area contributed by atoms with Gasteiger partial charge in [0.1, 0.15) is 5.82 Å². The van der Waals surface area contributed by atoms with Crippen LogP contribution < -0.4 is 22.1 Å². The summed E-state index contributed by atoms with van der Waals surface area (Å²) in [5, 5.41) is 11.4. The smallest absolute Gasteiger partial charge is 0.252 e. The van der Waals surface area contributed by atoms with Gasteiger partial charge in [-0.25, -0.2) is 9.37 Å². The van der Waals surface area contributed by atoms with E-state index in [1.807, 2.05) is 32.2 Å². The lowest BCUT2D eigenvalue weighted by molar-refractivity contribution is 0.100. The van der Waals surface area contributed by atoms with Crippen LogP contribution >= 0.6 is 0 Å². The van der Waals surface area contributed by atoms with Crippen molar-refractivity contribution in [1.29, 1.82) is 0 Å². The van der Waals surface area contributed by atoms with E-state index in [9.17, 15) is 9.18 Å². The molecular weight excluding hydrogens is 385 g/mol. The second kappa shape index (κ2) is 7.91. The van der Waals surface area contributed by atoms with Gasteiger partial charge in [0.05, 0.1) is 23.0 Å². The highest BCUT2D eigenvalue weighted by atomic mass is 19.1. The first-order valence-corrected chi connectivity index (χ1v) is 10.1. The molecule has 1 fully saturated rings. The molecule has 6 N–H and O–H groups in total. The lowest BCUT2D eigenvalue weighted by atomic mass is 10.0. The Morgan fingerprint density at radius 3 is 2.80 bits per heavy atom. The summed E-state index contributed by atoms with van der Waals surface area (Å²) < 4.78 is 16.5. The predicted molar refractivity (Wildman–Crippen MR) is 115 cm³/mol. The number of aromatic nitrogens is 3. The monoisotopic (exact) mass is 411 g/mol. The number of anilines is 3. The lowest BCUT2D eigenvalue weighted by Crippen LogP contribution is -2.42. The van der Waals surface area contributed by atoms with Crippen molar-refractivity contribution in [2.24, 2.45) is 24.4 Å². The van der Waals surface area contributed by atoms with E-state index in [2.05, 4.69) is 20.7 Å². The number of nitrogens with zero attached hydrogens (tertiary/aromatic N) is 3. The van der Waals surface area contributed by atoms with Gasteiger partial charge < -0.3 is 22.1 Å². The maximum absolute atomic E-state index is 14.8. The van der Waals surface area contributed by atoms with Crippen LogP contribution in [0.2, 0.25) is 0 Å². The van der Waals surface area contributed by atoms with Crippen LogP contribution in [0.1, 0.15) is 36.5 Å². The van der Waals surface area contributed by atoms with Crippen molar-refractivity contribution in [2.45, 2.75) is 38.3 Å². The fraction of sp³-hybridized carbons (Fsp3) is 0.381. The Hall–Kier alpha value is -3.20. The zero-order valence-electron chi connectivity index (χ0n) is 17.0. The number of halogens is 1. The second-order valence-electron chi connectivity index (χ2n) is 7.79. The summed E-state index contributed by atoms with van der Waals surface area (Å²) in [6.07, 6.45) is 4.60. The van der Waals surface area contributed by atoms with Crippen molar-refractivity contribution in [3.05, 3.63) is 41.8 Å². The number of fused-ring (bicyclic) bond motifs is 1. The van der Waals surface area contributed by atoms with Crippen LogP contribution in [0.5, 0.6) is 0 Å². The molecule has 30 heavy (non-hydrogen) atoms. The summed E-state index contributed by atoms with van der Waals surface area (Å²) >= 11 is 0. The number of primary amides is 1. The minimum atomic E-state index is -0.766. The molecule has 0 spiro atoms. The Morgan fingerprint density at radius 2 is 2.13 bits per heavy atom. The molecule has 9 heteroatoms. The number of nitrogens with one attached hydrogen (secondary N) is 2. The van der Waals surface area contributed by atoms with Crippen molar-refractivity contribution >= 4 is 34.1 Å². The zero-order chi connectivity index (χ0) is 21.4. The van der Waals surface area contributed by atoms with Gasteiger partial charge in [0.25, 0.3) is 5.91 Å². The summed E-state index contributed by atoms with van der Waals surface area (Å²) in [5.74, 6) is -0.762. The molecule has 158 valence electrons. The Kier molecular flexibility index (Phi) is 5.29. The van der Waals surface area contributed by atoms with E-state index in [-0.39, 0.29) is 29.3 Å². The molecule has 0 unspecified atom stereocenters. The Balaban J connectivity index is 1.72. The summed E-state index contributed by atoms with van der Waals surface area (Å²) in [4.78, 5) is 16.3. The van der Waals surface area contributed by atoms with Crippen molar-refractivity contribution in [1.82, 2.24) is 14.8 Å². The van der Waals surface area contributed by atoms with Gasteiger partial charge >= 0.3 is 0 Å². The first kappa shape index (κ1) is 20.1. The zero-order valence-corrected chi connectivity index (χ0v) is 17.0. The van der Waals surface area contributed by atoms with E-state index in [1.54, 1.807) is 10.9 Å². The minimum absolute atomic E-state index is 0.0262. The van der Waals surface area contributed by atoms with Crippen LogP contribution in [-0.2, 0) is 7.05 Å². The number of hydrogen-bond acceptors (Lipinski definition) is 6. The number of carbonyl (C=O) groups is 1. The van der Waals surface area contributed by atoms with Crippen molar-refractivity contribution < 1.29 is 9.18 Å². The van der Waals surface area contributed by atoms with E-state index in [0.29, 0.717) is 11.6 Å². The van der Waals surface area contributed by atoms with Crippen LogP contribution in [-0.4, -0.2) is 32.8 Å². The second-order valence-corrected chi connectivity index (χ2v) is 7.79. The van der Waals surface area contributed by atoms with E-state index in [4.69, 9.17) is 11.5 Å². The van der Waals surface area contributed by atoms with Gasteiger partial charge in [-0.05, 0) is 43.4 Å². The molecule has 0 bridgehead atoms. The lowest BCUT2D eigenvalue weighted by Gasteiger charge is -2.25. The summed E-state index contributed by atoms with van der Waals surface area (Å²) in [6, 6.07) is 6.56. The van der Waals surface area contributed by atoms with Gasteiger partial charge in [-0.15, -0.1) is 0 Å². The molecule has 0 radical (unpaired) electrons. The van der Waals surface area contributed by atoms with Gasteiger partial charge in [-0.2, -0.15) is 5.10 Å². The molecule has 1 aliphatic rings. The number of nitrogens with two attached hydrogens (primary N) is 2. The Labute approximate surface area is 173 Å². The van der Waals surface area contributed by atoms with Crippen molar-refractivity contribution in [3.63, 3.8) is 0 Å². The molecule has 2 heterocycles. The van der Waals surface area contributed by atoms with Crippen LogP contribution in [0.4, 0.5) is 21.7 Å². The molecule has 4 rings (SSSR count). The highest BCUT2D eigenvalue weighted by molar-refractivity contribution is 6.00. The minimum Gasteiger partial charge on any atom is -0.365 e. The average Bonchev–Trinajstić information content (AvgIpc) is 3.50. The van der Waals surface area contributed by atoms with E-state index in [0.717, 1.165) is 36.2 Å². The maximum atomic E-state index is 14.8. The summed E-state index contributed by atoms with van der Waals surface area (Å²) in [5.41, 5.74) is 13.3. The summed E-state index contributed by atoms with van der Waals surface area (Å²) in [7, 11) is 1.84. The van der Waals surface area contributed by atoms with Crippen LogP contribution in [0.3, 0.4) is 0 Å². The summed E-state index contributed by atoms with van der Waals surface area (Å²) in [6.45, 7) is 2.00. The van der Waals surface area contributed by atoms with Crippen LogP contribution in [0, 0.1) is 11.7 Å². The molecule has 1 saturated carbocycles. The van der Waals surface area contributed by atoms with Crippen LogP contribution in [0.25, 0.3) is 10.9 Å². The molecule has 1 amide bonds. The number of carbonyl (C=O) groups excluding carboxylic acids is 1. The highest BCUT2D eigenvalue weighted by Crippen LogP contribution is 2.36. The third-order valence-electron chi connectivity index (χ3n) is 5.65. The number of rotatable bonds is 8. The quantitative estimate of drug-likeness (QED) is 0.452. The number of pyridine rings is 1. The first-order valence-electron chi connectivity index (χ1n) is 10.1. The van der Waals surface area contributed by atoms with Crippen LogP contribution in [0.15, 0.2) is 30.5 Å². The Bertz CT molecular complexity index is 1090.